The van der Waals surface area contributed by atoms with Gasteiger partial charge in [0.1, 0.15) is 5.82 Å². The summed E-state index contributed by atoms with van der Waals surface area (Å²) < 4.78 is 20.7. The lowest BCUT2D eigenvalue weighted by molar-refractivity contribution is 0.0608. The second kappa shape index (κ2) is 9.31. The Bertz CT molecular complexity index is 1380. The quantitative estimate of drug-likeness (QED) is 0.427. The molecule has 2 aliphatic rings. The Kier molecular flexibility index (Phi) is 5.85. The van der Waals surface area contributed by atoms with Gasteiger partial charge in [-0.2, -0.15) is 10.1 Å². The number of piperazine rings is 1. The number of hydrogen-bond acceptors (Lipinski definition) is 6. The van der Waals surface area contributed by atoms with E-state index in [-0.39, 0.29) is 11.7 Å². The maximum absolute atomic E-state index is 13.4. The number of carbonyl (C=O) groups excluding carboxylic acids is 1. The molecule has 0 saturated carbocycles. The summed E-state index contributed by atoms with van der Waals surface area (Å²) in [5, 5.41) is 8.81. The van der Waals surface area contributed by atoms with Gasteiger partial charge in [-0.1, -0.05) is 35.0 Å². The Morgan fingerprint density at radius 3 is 2.50 bits per heavy atom. The standard InChI is InChI=1S/C27H27FN6O2/c1-18-5-7-19(8-6-18)26-29-24(36-31-26)17-32-13-15-33(16-14-32)27(35)25-22-3-2-4-23(22)34(30-25)21-11-9-20(28)10-12-21/h5-12H,2-4,13-17H2,1H3. The van der Waals surface area contributed by atoms with Crippen LogP contribution in [0.4, 0.5) is 4.39 Å². The maximum Gasteiger partial charge on any atom is 0.274 e. The predicted molar refractivity (Wildman–Crippen MR) is 131 cm³/mol. The summed E-state index contributed by atoms with van der Waals surface area (Å²) in [6.07, 6.45) is 2.71. The normalized spacial score (nSPS) is 15.9. The van der Waals surface area contributed by atoms with E-state index in [9.17, 15) is 9.18 Å². The van der Waals surface area contributed by atoms with Crippen LogP contribution in [0, 0.1) is 12.7 Å². The van der Waals surface area contributed by atoms with Crippen molar-refractivity contribution in [1.29, 1.82) is 0 Å². The second-order valence-corrected chi connectivity index (χ2v) is 9.46. The van der Waals surface area contributed by atoms with Gasteiger partial charge in [-0.15, -0.1) is 0 Å². The van der Waals surface area contributed by atoms with Gasteiger partial charge in [0.05, 0.1) is 12.2 Å². The highest BCUT2D eigenvalue weighted by Crippen LogP contribution is 2.29. The lowest BCUT2D eigenvalue weighted by Crippen LogP contribution is -2.48. The predicted octanol–water partition coefficient (Wildman–Crippen LogP) is 3.82. The fourth-order valence-electron chi connectivity index (χ4n) is 4.99. The Hall–Kier alpha value is -3.85. The van der Waals surface area contributed by atoms with Gasteiger partial charge in [-0.3, -0.25) is 9.69 Å². The number of fused-ring (bicyclic) bond motifs is 1. The fraction of sp³-hybridized carbons (Fsp3) is 0.333. The minimum atomic E-state index is -0.288. The van der Waals surface area contributed by atoms with Crippen LogP contribution in [-0.4, -0.2) is 61.8 Å². The van der Waals surface area contributed by atoms with Crippen LogP contribution < -0.4 is 0 Å². The Labute approximate surface area is 208 Å². The number of hydrogen-bond donors (Lipinski definition) is 0. The molecule has 1 fully saturated rings. The van der Waals surface area contributed by atoms with Crippen LogP contribution in [0.2, 0.25) is 0 Å². The fourth-order valence-corrected chi connectivity index (χ4v) is 4.99. The zero-order chi connectivity index (χ0) is 24.6. The summed E-state index contributed by atoms with van der Waals surface area (Å²) in [5.74, 6) is 0.836. The molecule has 8 nitrogen and oxygen atoms in total. The molecule has 9 heteroatoms. The number of rotatable bonds is 5. The molecule has 1 aliphatic carbocycles. The maximum atomic E-state index is 13.4. The molecule has 4 aromatic rings. The Morgan fingerprint density at radius 2 is 1.75 bits per heavy atom. The van der Waals surface area contributed by atoms with E-state index in [4.69, 9.17) is 4.52 Å². The molecule has 6 rings (SSSR count). The number of carbonyl (C=O) groups is 1. The Morgan fingerprint density at radius 1 is 1.00 bits per heavy atom. The first-order valence-corrected chi connectivity index (χ1v) is 12.3. The zero-order valence-corrected chi connectivity index (χ0v) is 20.2. The van der Waals surface area contributed by atoms with Gasteiger partial charge < -0.3 is 9.42 Å². The molecule has 0 atom stereocenters. The second-order valence-electron chi connectivity index (χ2n) is 9.46. The molecule has 1 amide bonds. The van der Waals surface area contributed by atoms with E-state index < -0.39 is 0 Å². The minimum absolute atomic E-state index is 0.0342. The summed E-state index contributed by atoms with van der Waals surface area (Å²) in [5.41, 5.74) is 5.51. The van der Waals surface area contributed by atoms with Gasteiger partial charge in [0.15, 0.2) is 5.69 Å². The van der Waals surface area contributed by atoms with Crippen molar-refractivity contribution in [3.8, 4) is 17.1 Å². The number of amides is 1. The van der Waals surface area contributed by atoms with Gasteiger partial charge in [-0.25, -0.2) is 9.07 Å². The highest BCUT2D eigenvalue weighted by atomic mass is 19.1. The molecule has 184 valence electrons. The molecule has 0 spiro atoms. The van der Waals surface area contributed by atoms with Crippen molar-refractivity contribution in [2.45, 2.75) is 32.7 Å². The van der Waals surface area contributed by atoms with E-state index in [2.05, 4.69) is 20.1 Å². The van der Waals surface area contributed by atoms with Gasteiger partial charge in [0.25, 0.3) is 5.91 Å². The van der Waals surface area contributed by atoms with Crippen LogP contribution in [0.25, 0.3) is 17.1 Å². The van der Waals surface area contributed by atoms with Crippen molar-refractivity contribution in [2.75, 3.05) is 26.2 Å². The average molecular weight is 487 g/mol. The SMILES string of the molecule is Cc1ccc(-c2noc(CN3CCN(C(=O)c4nn(-c5ccc(F)cc5)c5c4CCC5)CC3)n2)cc1. The third-order valence-electron chi connectivity index (χ3n) is 7.00. The first kappa shape index (κ1) is 22.6. The molecule has 1 saturated heterocycles. The van der Waals surface area contributed by atoms with Crippen molar-refractivity contribution >= 4 is 5.91 Å². The molecule has 0 radical (unpaired) electrons. The van der Waals surface area contributed by atoms with Crippen LogP contribution in [0.5, 0.6) is 0 Å². The van der Waals surface area contributed by atoms with Crippen molar-refractivity contribution in [3.05, 3.63) is 82.8 Å². The molecule has 0 bridgehead atoms. The van der Waals surface area contributed by atoms with Crippen molar-refractivity contribution in [2.24, 2.45) is 0 Å². The summed E-state index contributed by atoms with van der Waals surface area (Å²) >= 11 is 0. The highest BCUT2D eigenvalue weighted by molar-refractivity contribution is 5.94. The molecule has 2 aromatic heterocycles. The van der Waals surface area contributed by atoms with E-state index in [1.165, 1.54) is 17.7 Å². The van der Waals surface area contributed by atoms with Crippen LogP contribution in [-0.2, 0) is 19.4 Å². The molecule has 36 heavy (non-hydrogen) atoms. The molecule has 2 aromatic carbocycles. The number of aromatic nitrogens is 4. The smallest absolute Gasteiger partial charge is 0.274 e. The van der Waals surface area contributed by atoms with E-state index in [1.807, 2.05) is 40.8 Å². The number of nitrogens with zero attached hydrogens (tertiary/aromatic N) is 6. The number of aryl methyl sites for hydroxylation is 1. The summed E-state index contributed by atoms with van der Waals surface area (Å²) in [7, 11) is 0. The summed E-state index contributed by atoms with van der Waals surface area (Å²) in [6, 6.07) is 14.3. The lowest BCUT2D eigenvalue weighted by atomic mass is 10.1. The van der Waals surface area contributed by atoms with Crippen LogP contribution in [0.1, 0.15) is 39.6 Å². The zero-order valence-electron chi connectivity index (χ0n) is 20.2. The highest BCUT2D eigenvalue weighted by Gasteiger charge is 2.31. The molecular weight excluding hydrogens is 459 g/mol. The van der Waals surface area contributed by atoms with Gasteiger partial charge in [-0.05, 0) is 50.5 Å². The van der Waals surface area contributed by atoms with E-state index in [0.29, 0.717) is 37.0 Å². The minimum Gasteiger partial charge on any atom is -0.338 e. The number of benzene rings is 2. The van der Waals surface area contributed by atoms with Crippen LogP contribution in [0.15, 0.2) is 53.1 Å². The first-order chi connectivity index (χ1) is 17.5. The first-order valence-electron chi connectivity index (χ1n) is 12.3. The largest absolute Gasteiger partial charge is 0.338 e. The van der Waals surface area contributed by atoms with Crippen LogP contribution in [0.3, 0.4) is 0 Å². The monoisotopic (exact) mass is 486 g/mol. The van der Waals surface area contributed by atoms with Gasteiger partial charge >= 0.3 is 0 Å². The third-order valence-corrected chi connectivity index (χ3v) is 7.00. The third kappa shape index (κ3) is 4.30. The number of halogens is 1. The molecular formula is C27H27FN6O2. The van der Waals surface area contributed by atoms with Crippen molar-refractivity contribution in [1.82, 2.24) is 29.7 Å². The lowest BCUT2D eigenvalue weighted by Gasteiger charge is -2.33. The molecule has 1 aliphatic heterocycles. The summed E-state index contributed by atoms with van der Waals surface area (Å²) in [6.45, 7) is 5.24. The van der Waals surface area contributed by atoms with Crippen LogP contribution >= 0.6 is 0 Å². The summed E-state index contributed by atoms with van der Waals surface area (Å²) in [4.78, 5) is 22.1. The molecule has 3 heterocycles. The molecule has 0 unspecified atom stereocenters. The average Bonchev–Trinajstić information content (AvgIpc) is 3.63. The van der Waals surface area contributed by atoms with Gasteiger partial charge in [0.2, 0.25) is 11.7 Å². The van der Waals surface area contributed by atoms with E-state index in [0.717, 1.165) is 54.9 Å². The molecule has 0 N–H and O–H groups in total. The Balaban J connectivity index is 1.11. The van der Waals surface area contributed by atoms with Crippen molar-refractivity contribution < 1.29 is 13.7 Å². The topological polar surface area (TPSA) is 80.3 Å². The van der Waals surface area contributed by atoms with E-state index in [1.54, 1.807) is 12.1 Å². The van der Waals surface area contributed by atoms with Gasteiger partial charge in [0, 0.05) is 43.0 Å². The van der Waals surface area contributed by atoms with Crippen molar-refractivity contribution in [3.63, 3.8) is 0 Å². The van der Waals surface area contributed by atoms with E-state index >= 15 is 0 Å².